The summed E-state index contributed by atoms with van der Waals surface area (Å²) in [4.78, 5) is 17.4. The van der Waals surface area contributed by atoms with Crippen LogP contribution in [0.15, 0.2) is 48.7 Å². The van der Waals surface area contributed by atoms with Gasteiger partial charge in [0.15, 0.2) is 23.4 Å². The quantitative estimate of drug-likeness (QED) is 0.488. The summed E-state index contributed by atoms with van der Waals surface area (Å²) in [6.45, 7) is 0.0374. The van der Waals surface area contributed by atoms with Crippen molar-refractivity contribution in [2.75, 3.05) is 26.3 Å². The Balaban J connectivity index is 1.68. The highest BCUT2D eigenvalue weighted by Crippen LogP contribution is 2.31. The number of methoxy groups -OCH3 is 2. The van der Waals surface area contributed by atoms with Crippen molar-refractivity contribution >= 4 is 22.4 Å². The maximum atomic E-state index is 12.9. The maximum absolute atomic E-state index is 12.9. The molecule has 0 saturated carbocycles. The Labute approximate surface area is 180 Å². The standard InChI is InChI=1S/C21H19F3N2O4S/c1-28-12-30-17-7-6-14(10-18(17)29-2)19(27)26-20-25-11-16(31-20)9-13-4-3-5-15(8-13)21(22,23)24/h3-8,10-11H,9,12H2,1-2H3,(H,25,26,27). The van der Waals surface area contributed by atoms with E-state index < -0.39 is 17.6 Å². The van der Waals surface area contributed by atoms with Crippen LogP contribution in [0.5, 0.6) is 11.5 Å². The second kappa shape index (κ2) is 9.80. The molecule has 0 atom stereocenters. The molecule has 0 unspecified atom stereocenters. The first-order valence-corrected chi connectivity index (χ1v) is 9.83. The van der Waals surface area contributed by atoms with Crippen molar-refractivity contribution < 1.29 is 32.2 Å². The van der Waals surface area contributed by atoms with Crippen molar-refractivity contribution in [2.45, 2.75) is 12.6 Å². The van der Waals surface area contributed by atoms with E-state index in [1.165, 1.54) is 43.9 Å². The minimum atomic E-state index is -4.39. The molecule has 0 radical (unpaired) electrons. The van der Waals surface area contributed by atoms with E-state index >= 15 is 0 Å². The second-order valence-corrected chi connectivity index (χ2v) is 7.49. The van der Waals surface area contributed by atoms with Crippen LogP contribution in [-0.4, -0.2) is 31.9 Å². The summed E-state index contributed by atoms with van der Waals surface area (Å²) in [5.74, 6) is 0.393. The van der Waals surface area contributed by atoms with E-state index in [1.54, 1.807) is 18.2 Å². The Morgan fingerprint density at radius 1 is 1.13 bits per heavy atom. The number of hydrogen-bond donors (Lipinski definition) is 1. The number of carbonyl (C=O) groups excluding carboxylic acids is 1. The number of halogens is 3. The minimum Gasteiger partial charge on any atom is -0.493 e. The molecule has 0 aliphatic rings. The zero-order valence-corrected chi connectivity index (χ0v) is 17.5. The second-order valence-electron chi connectivity index (χ2n) is 6.38. The molecule has 2 aromatic carbocycles. The van der Waals surface area contributed by atoms with Crippen molar-refractivity contribution in [3.63, 3.8) is 0 Å². The highest BCUT2D eigenvalue weighted by Gasteiger charge is 2.30. The molecule has 3 rings (SSSR count). The van der Waals surface area contributed by atoms with Crippen LogP contribution in [0.4, 0.5) is 18.3 Å². The van der Waals surface area contributed by atoms with Gasteiger partial charge in [-0.3, -0.25) is 10.1 Å². The predicted molar refractivity (Wildman–Crippen MR) is 110 cm³/mol. The lowest BCUT2D eigenvalue weighted by molar-refractivity contribution is -0.137. The van der Waals surface area contributed by atoms with Crippen LogP contribution in [0.2, 0.25) is 0 Å². The molecule has 0 aliphatic carbocycles. The lowest BCUT2D eigenvalue weighted by Gasteiger charge is -2.11. The zero-order valence-electron chi connectivity index (χ0n) is 16.7. The summed E-state index contributed by atoms with van der Waals surface area (Å²) in [6.07, 6.45) is -2.59. The van der Waals surface area contributed by atoms with Gasteiger partial charge >= 0.3 is 6.18 Å². The molecule has 1 amide bonds. The molecule has 0 bridgehead atoms. The molecule has 1 heterocycles. The number of amides is 1. The average Bonchev–Trinajstić information content (AvgIpc) is 3.18. The smallest absolute Gasteiger partial charge is 0.416 e. The molecule has 1 aromatic heterocycles. The number of thiazole rings is 1. The molecular formula is C21H19F3N2O4S. The van der Waals surface area contributed by atoms with Crippen molar-refractivity contribution in [1.29, 1.82) is 0 Å². The first-order chi connectivity index (χ1) is 14.8. The van der Waals surface area contributed by atoms with E-state index in [4.69, 9.17) is 14.2 Å². The lowest BCUT2D eigenvalue weighted by Crippen LogP contribution is -2.12. The van der Waals surface area contributed by atoms with E-state index in [9.17, 15) is 18.0 Å². The number of ether oxygens (including phenoxy) is 3. The predicted octanol–water partition coefficient (Wildman–Crippen LogP) is 5.00. The molecule has 0 aliphatic heterocycles. The number of alkyl halides is 3. The van der Waals surface area contributed by atoms with Gasteiger partial charge in [-0.1, -0.05) is 18.2 Å². The summed E-state index contributed by atoms with van der Waals surface area (Å²) < 4.78 is 54.1. The SMILES string of the molecule is COCOc1ccc(C(=O)Nc2ncc(Cc3cccc(C(F)(F)F)c3)s2)cc1OC. The van der Waals surface area contributed by atoms with Crippen molar-refractivity contribution in [3.05, 3.63) is 70.2 Å². The van der Waals surface area contributed by atoms with Gasteiger partial charge in [0.25, 0.3) is 5.91 Å². The van der Waals surface area contributed by atoms with Gasteiger partial charge in [0.2, 0.25) is 0 Å². The molecular weight excluding hydrogens is 433 g/mol. The Bertz CT molecular complexity index is 1050. The zero-order chi connectivity index (χ0) is 22.4. The van der Waals surface area contributed by atoms with Gasteiger partial charge in [0.05, 0.1) is 12.7 Å². The largest absolute Gasteiger partial charge is 0.493 e. The Kier molecular flexibility index (Phi) is 7.13. The number of benzene rings is 2. The van der Waals surface area contributed by atoms with Crippen LogP contribution in [-0.2, 0) is 17.3 Å². The average molecular weight is 452 g/mol. The fraction of sp³-hybridized carbons (Fsp3) is 0.238. The number of anilines is 1. The first kappa shape index (κ1) is 22.6. The van der Waals surface area contributed by atoms with Crippen LogP contribution < -0.4 is 14.8 Å². The van der Waals surface area contributed by atoms with E-state index in [1.807, 2.05) is 0 Å². The van der Waals surface area contributed by atoms with Crippen LogP contribution in [0, 0.1) is 0 Å². The number of rotatable bonds is 8. The van der Waals surface area contributed by atoms with Crippen LogP contribution in [0.3, 0.4) is 0 Å². The summed E-state index contributed by atoms with van der Waals surface area (Å²) in [6, 6.07) is 9.81. The number of nitrogens with one attached hydrogen (secondary N) is 1. The molecule has 0 saturated heterocycles. The highest BCUT2D eigenvalue weighted by molar-refractivity contribution is 7.15. The Morgan fingerprint density at radius 2 is 1.94 bits per heavy atom. The molecule has 3 aromatic rings. The third-order valence-corrected chi connectivity index (χ3v) is 5.08. The summed E-state index contributed by atoms with van der Waals surface area (Å²) >= 11 is 1.19. The molecule has 0 spiro atoms. The molecule has 0 fully saturated rings. The van der Waals surface area contributed by atoms with Crippen molar-refractivity contribution in [2.24, 2.45) is 0 Å². The molecule has 31 heavy (non-hydrogen) atoms. The van der Waals surface area contributed by atoms with Gasteiger partial charge in [-0.25, -0.2) is 4.98 Å². The number of aromatic nitrogens is 1. The molecule has 6 nitrogen and oxygen atoms in total. The van der Waals surface area contributed by atoms with E-state index in [-0.39, 0.29) is 13.2 Å². The van der Waals surface area contributed by atoms with Gasteiger partial charge in [0, 0.05) is 30.2 Å². The number of hydrogen-bond acceptors (Lipinski definition) is 6. The third kappa shape index (κ3) is 5.96. The Morgan fingerprint density at radius 3 is 2.65 bits per heavy atom. The van der Waals surface area contributed by atoms with Crippen molar-refractivity contribution in [3.8, 4) is 11.5 Å². The van der Waals surface area contributed by atoms with E-state index in [2.05, 4.69) is 10.3 Å². The normalized spacial score (nSPS) is 11.3. The van der Waals surface area contributed by atoms with Crippen LogP contribution >= 0.6 is 11.3 Å². The Hall–Kier alpha value is -3.11. The van der Waals surface area contributed by atoms with E-state index in [0.29, 0.717) is 27.8 Å². The number of carbonyl (C=O) groups is 1. The van der Waals surface area contributed by atoms with E-state index in [0.717, 1.165) is 17.0 Å². The number of nitrogens with zero attached hydrogens (tertiary/aromatic N) is 1. The van der Waals surface area contributed by atoms with Gasteiger partial charge in [-0.2, -0.15) is 13.2 Å². The topological polar surface area (TPSA) is 69.7 Å². The van der Waals surface area contributed by atoms with Gasteiger partial charge < -0.3 is 14.2 Å². The lowest BCUT2D eigenvalue weighted by atomic mass is 10.1. The third-order valence-electron chi connectivity index (χ3n) is 4.16. The maximum Gasteiger partial charge on any atom is 0.416 e. The minimum absolute atomic E-state index is 0.0374. The highest BCUT2D eigenvalue weighted by atomic mass is 32.1. The summed E-state index contributed by atoms with van der Waals surface area (Å²) in [7, 11) is 2.95. The van der Waals surface area contributed by atoms with Gasteiger partial charge in [-0.05, 0) is 29.8 Å². The summed E-state index contributed by atoms with van der Waals surface area (Å²) in [5.41, 5.74) is 0.138. The van der Waals surface area contributed by atoms with Crippen LogP contribution in [0.1, 0.15) is 26.4 Å². The molecule has 10 heteroatoms. The first-order valence-electron chi connectivity index (χ1n) is 9.02. The van der Waals surface area contributed by atoms with Gasteiger partial charge in [-0.15, -0.1) is 11.3 Å². The fourth-order valence-electron chi connectivity index (χ4n) is 2.73. The molecule has 1 N–H and O–H groups in total. The van der Waals surface area contributed by atoms with Crippen LogP contribution in [0.25, 0.3) is 0 Å². The van der Waals surface area contributed by atoms with Gasteiger partial charge in [0.1, 0.15) is 0 Å². The fourth-order valence-corrected chi connectivity index (χ4v) is 3.57. The van der Waals surface area contributed by atoms with Crippen molar-refractivity contribution in [1.82, 2.24) is 4.98 Å². The monoisotopic (exact) mass is 452 g/mol. The summed E-state index contributed by atoms with van der Waals surface area (Å²) in [5, 5.41) is 3.02. The molecule has 164 valence electrons.